The number of nitrogens with one attached hydrogen (secondary N) is 1. The molecule has 1 aliphatic rings. The summed E-state index contributed by atoms with van der Waals surface area (Å²) in [5.41, 5.74) is 1.06. The van der Waals surface area contributed by atoms with Crippen LogP contribution in [0.15, 0.2) is 30.2 Å². The third-order valence-corrected chi connectivity index (χ3v) is 6.05. The minimum atomic E-state index is 0.611. The molecule has 1 aliphatic heterocycles. The second-order valence-corrected chi connectivity index (χ2v) is 7.71. The minimum Gasteiger partial charge on any atom is -0.355 e. The average Bonchev–Trinajstić information content (AvgIpc) is 3.34. The maximum atomic E-state index is 4.54. The van der Waals surface area contributed by atoms with E-state index in [9.17, 15) is 0 Å². The molecule has 6 nitrogen and oxygen atoms in total. The number of nitrogens with zero attached hydrogens (tertiary/aromatic N) is 5. The van der Waals surface area contributed by atoms with Crippen LogP contribution < -0.4 is 10.2 Å². The Balaban J connectivity index is 1.23. The van der Waals surface area contributed by atoms with E-state index in [4.69, 9.17) is 0 Å². The molecule has 1 N–H and O–H groups in total. The summed E-state index contributed by atoms with van der Waals surface area (Å²) in [6, 6.07) is 2.68. The summed E-state index contributed by atoms with van der Waals surface area (Å²) in [6.07, 6.45) is 10.2. The molecule has 0 atom stereocenters. The van der Waals surface area contributed by atoms with Crippen LogP contribution in [-0.4, -0.2) is 45.2 Å². The van der Waals surface area contributed by atoms with Gasteiger partial charge in [0.1, 0.15) is 18.0 Å². The quantitative estimate of drug-likeness (QED) is 0.648. The lowest BCUT2D eigenvalue weighted by molar-refractivity contribution is 0.405. The highest BCUT2D eigenvalue weighted by atomic mass is 32.1. The van der Waals surface area contributed by atoms with Crippen LogP contribution in [0.5, 0.6) is 0 Å². The van der Waals surface area contributed by atoms with Crippen molar-refractivity contribution < 1.29 is 0 Å². The predicted molar refractivity (Wildman–Crippen MR) is 107 cm³/mol. The molecule has 0 saturated carbocycles. The van der Waals surface area contributed by atoms with Gasteiger partial charge in [-0.15, -0.1) is 11.3 Å². The van der Waals surface area contributed by atoms with Gasteiger partial charge in [0.2, 0.25) is 0 Å². The van der Waals surface area contributed by atoms with Gasteiger partial charge in [0.25, 0.3) is 0 Å². The first kappa shape index (κ1) is 17.4. The molecule has 0 aliphatic carbocycles. The molecular weight excluding hydrogens is 344 g/mol. The number of hydrogen-bond acceptors (Lipinski definition) is 6. The Kier molecular flexibility index (Phi) is 5.45. The average molecular weight is 371 g/mol. The normalized spacial score (nSPS) is 15.8. The van der Waals surface area contributed by atoms with E-state index in [0.717, 1.165) is 50.4 Å². The second-order valence-electron chi connectivity index (χ2n) is 6.79. The van der Waals surface area contributed by atoms with E-state index in [0.29, 0.717) is 6.04 Å². The van der Waals surface area contributed by atoms with E-state index in [-0.39, 0.29) is 0 Å². The topological polar surface area (TPSA) is 58.9 Å². The molecule has 3 aromatic rings. The van der Waals surface area contributed by atoms with Crippen molar-refractivity contribution in [3.05, 3.63) is 36.0 Å². The number of thiophene rings is 1. The Hall–Kier alpha value is -1.99. The fourth-order valence-corrected chi connectivity index (χ4v) is 4.57. The minimum absolute atomic E-state index is 0.611. The molecule has 1 saturated heterocycles. The van der Waals surface area contributed by atoms with E-state index >= 15 is 0 Å². The van der Waals surface area contributed by atoms with Crippen molar-refractivity contribution >= 4 is 27.4 Å². The standard InChI is InChI=1S/C19H26N6S/c1-2-17-21-8-12-24(17)9-3-7-20-15-4-10-25(11-5-15)19-18-16(6-13-26-18)22-14-23-19/h6,8,12-15,20H,2-5,7,9-11H2,1H3. The molecule has 0 unspecified atom stereocenters. The summed E-state index contributed by atoms with van der Waals surface area (Å²) in [4.78, 5) is 15.7. The molecule has 1 fully saturated rings. The van der Waals surface area contributed by atoms with Gasteiger partial charge < -0.3 is 14.8 Å². The van der Waals surface area contributed by atoms with Gasteiger partial charge in [0, 0.05) is 44.5 Å². The smallest absolute Gasteiger partial charge is 0.150 e. The molecule has 0 radical (unpaired) electrons. The first-order valence-electron chi connectivity index (χ1n) is 9.51. The largest absolute Gasteiger partial charge is 0.355 e. The first-order chi connectivity index (χ1) is 12.8. The van der Waals surface area contributed by atoms with Crippen LogP contribution >= 0.6 is 11.3 Å². The van der Waals surface area contributed by atoms with E-state index in [1.807, 2.05) is 6.20 Å². The molecule has 26 heavy (non-hydrogen) atoms. The number of rotatable bonds is 7. The Morgan fingerprint density at radius 2 is 2.12 bits per heavy atom. The van der Waals surface area contributed by atoms with E-state index in [1.54, 1.807) is 17.7 Å². The molecule has 0 bridgehead atoms. The third-order valence-electron chi connectivity index (χ3n) is 5.15. The lowest BCUT2D eigenvalue weighted by Crippen LogP contribution is -2.43. The van der Waals surface area contributed by atoms with Crippen LogP contribution in [0.3, 0.4) is 0 Å². The monoisotopic (exact) mass is 370 g/mol. The van der Waals surface area contributed by atoms with Crippen LogP contribution in [0.2, 0.25) is 0 Å². The molecule has 4 rings (SSSR count). The zero-order valence-electron chi connectivity index (χ0n) is 15.3. The molecule has 0 spiro atoms. The zero-order chi connectivity index (χ0) is 17.8. The highest BCUT2D eigenvalue weighted by molar-refractivity contribution is 7.17. The fourth-order valence-electron chi connectivity index (χ4n) is 3.71. The Morgan fingerprint density at radius 3 is 2.96 bits per heavy atom. The Labute approximate surface area is 158 Å². The molecular formula is C19H26N6S. The number of anilines is 1. The SMILES string of the molecule is CCc1nccn1CCCNC1CCN(c2ncnc3ccsc23)CC1. The van der Waals surface area contributed by atoms with Gasteiger partial charge in [-0.05, 0) is 37.3 Å². The van der Waals surface area contributed by atoms with Gasteiger partial charge in [-0.2, -0.15) is 0 Å². The summed E-state index contributed by atoms with van der Waals surface area (Å²) < 4.78 is 3.48. The number of aryl methyl sites for hydroxylation is 2. The molecule has 3 aromatic heterocycles. The second kappa shape index (κ2) is 8.14. The van der Waals surface area contributed by atoms with Gasteiger partial charge in [-0.1, -0.05) is 6.92 Å². The van der Waals surface area contributed by atoms with Crippen LogP contribution in [0.25, 0.3) is 10.2 Å². The fraction of sp³-hybridized carbons (Fsp3) is 0.526. The Bertz CT molecular complexity index is 833. The highest BCUT2D eigenvalue weighted by Crippen LogP contribution is 2.29. The highest BCUT2D eigenvalue weighted by Gasteiger charge is 2.21. The van der Waals surface area contributed by atoms with Gasteiger partial charge >= 0.3 is 0 Å². The number of aromatic nitrogens is 4. The van der Waals surface area contributed by atoms with Crippen molar-refractivity contribution in [3.63, 3.8) is 0 Å². The van der Waals surface area contributed by atoms with Crippen molar-refractivity contribution in [1.29, 1.82) is 0 Å². The predicted octanol–water partition coefficient (Wildman–Crippen LogP) is 3.10. The number of imidazole rings is 1. The summed E-state index contributed by atoms with van der Waals surface area (Å²) in [6.45, 7) is 6.39. The van der Waals surface area contributed by atoms with Crippen molar-refractivity contribution in [2.75, 3.05) is 24.5 Å². The van der Waals surface area contributed by atoms with Gasteiger partial charge in [0.05, 0.1) is 10.2 Å². The van der Waals surface area contributed by atoms with Crippen LogP contribution in [0.1, 0.15) is 32.0 Å². The Morgan fingerprint density at radius 1 is 1.23 bits per heavy atom. The van der Waals surface area contributed by atoms with Gasteiger partial charge in [-0.25, -0.2) is 15.0 Å². The van der Waals surface area contributed by atoms with Crippen molar-refractivity contribution in [2.45, 2.75) is 45.2 Å². The van der Waals surface area contributed by atoms with Crippen molar-refractivity contribution in [1.82, 2.24) is 24.8 Å². The van der Waals surface area contributed by atoms with Crippen LogP contribution in [0.4, 0.5) is 5.82 Å². The van der Waals surface area contributed by atoms with Crippen LogP contribution in [-0.2, 0) is 13.0 Å². The maximum absolute atomic E-state index is 4.54. The van der Waals surface area contributed by atoms with E-state index < -0.39 is 0 Å². The number of piperidine rings is 1. The maximum Gasteiger partial charge on any atom is 0.150 e. The van der Waals surface area contributed by atoms with Crippen molar-refractivity contribution in [2.24, 2.45) is 0 Å². The summed E-state index contributed by atoms with van der Waals surface area (Å²) in [5, 5.41) is 5.83. The molecule has 0 amide bonds. The number of hydrogen-bond donors (Lipinski definition) is 1. The zero-order valence-corrected chi connectivity index (χ0v) is 16.1. The van der Waals surface area contributed by atoms with Crippen molar-refractivity contribution in [3.8, 4) is 0 Å². The molecule has 0 aromatic carbocycles. The van der Waals surface area contributed by atoms with E-state index in [2.05, 4.69) is 54.3 Å². The summed E-state index contributed by atoms with van der Waals surface area (Å²) >= 11 is 1.74. The molecule has 4 heterocycles. The molecule has 7 heteroatoms. The lowest BCUT2D eigenvalue weighted by atomic mass is 10.0. The van der Waals surface area contributed by atoms with E-state index in [1.165, 1.54) is 23.4 Å². The first-order valence-corrected chi connectivity index (χ1v) is 10.4. The third kappa shape index (κ3) is 3.73. The lowest BCUT2D eigenvalue weighted by Gasteiger charge is -2.33. The summed E-state index contributed by atoms with van der Waals surface area (Å²) in [7, 11) is 0. The van der Waals surface area contributed by atoms with Crippen LogP contribution in [0, 0.1) is 0 Å². The summed E-state index contributed by atoms with van der Waals surface area (Å²) in [5.74, 6) is 2.29. The number of fused-ring (bicyclic) bond motifs is 1. The van der Waals surface area contributed by atoms with Gasteiger partial charge in [0.15, 0.2) is 0 Å². The van der Waals surface area contributed by atoms with Gasteiger partial charge in [-0.3, -0.25) is 0 Å². The molecule has 138 valence electrons.